The first-order chi connectivity index (χ1) is 16.1. The minimum absolute atomic E-state index is 0.184. The van der Waals surface area contributed by atoms with Gasteiger partial charge in [0.25, 0.3) is 0 Å². The van der Waals surface area contributed by atoms with Gasteiger partial charge >= 0.3 is 0 Å². The first kappa shape index (κ1) is 20.1. The normalized spacial score (nSPS) is 16.5. The molecular weight excluding hydrogens is 418 g/mol. The number of Topliss-reactive ketones (excluding diaryl/α,β-unsaturated/α-hetero) is 1. The van der Waals surface area contributed by atoms with E-state index in [4.69, 9.17) is 4.84 Å². The van der Waals surface area contributed by atoms with E-state index in [1.165, 1.54) is 0 Å². The largest absolute Gasteiger partial charge is 0.350 e. The van der Waals surface area contributed by atoms with Gasteiger partial charge in [-0.25, -0.2) is 9.67 Å². The molecular formula is C24H25N7O2. The summed E-state index contributed by atoms with van der Waals surface area (Å²) in [7, 11) is 1.97. The number of nitrogens with zero attached hydrogens (tertiary/aromatic N) is 6. The molecule has 3 aromatic heterocycles. The van der Waals surface area contributed by atoms with E-state index in [1.807, 2.05) is 59.5 Å². The monoisotopic (exact) mass is 443 g/mol. The number of nitrogens with one attached hydrogen (secondary N) is 1. The number of rotatable bonds is 7. The molecule has 2 aliphatic rings. The van der Waals surface area contributed by atoms with E-state index in [2.05, 4.69) is 20.4 Å². The molecule has 1 aliphatic carbocycles. The first-order valence-electron chi connectivity index (χ1n) is 11.3. The maximum Gasteiger partial charge on any atom is 0.229 e. The van der Waals surface area contributed by atoms with Gasteiger partial charge in [0.1, 0.15) is 0 Å². The van der Waals surface area contributed by atoms with Crippen molar-refractivity contribution in [2.75, 3.05) is 18.5 Å². The van der Waals surface area contributed by atoms with Crippen LogP contribution < -0.4 is 5.32 Å². The predicted molar refractivity (Wildman–Crippen MR) is 123 cm³/mol. The Morgan fingerprint density at radius 2 is 2.15 bits per heavy atom. The van der Waals surface area contributed by atoms with E-state index in [0.717, 1.165) is 60.1 Å². The fourth-order valence-electron chi connectivity index (χ4n) is 4.29. The molecule has 33 heavy (non-hydrogen) atoms. The number of carbonyl (C=O) groups is 1. The Kier molecular flexibility index (Phi) is 4.92. The molecule has 168 valence electrons. The standard InChI is InChI=1S/C24H25N7O2/c1-29-15-20(23(32)17-3-4-17)19-11-18(5-6-21(19)29)27-24-25-8-7-22(28-24)31-14-16(12-26-31)13-30-9-2-10-33-30/h5-8,11-12,14-15,17H,2-4,9-10,13H2,1H3,(H,25,27,28). The molecule has 9 nitrogen and oxygen atoms in total. The summed E-state index contributed by atoms with van der Waals surface area (Å²) in [4.78, 5) is 27.3. The predicted octanol–water partition coefficient (Wildman–Crippen LogP) is 3.63. The average molecular weight is 444 g/mol. The van der Waals surface area contributed by atoms with Crippen LogP contribution in [0.5, 0.6) is 0 Å². The van der Waals surface area contributed by atoms with Gasteiger partial charge in [-0.1, -0.05) is 0 Å². The fourth-order valence-corrected chi connectivity index (χ4v) is 4.29. The van der Waals surface area contributed by atoms with Crippen LogP contribution in [0.3, 0.4) is 0 Å². The summed E-state index contributed by atoms with van der Waals surface area (Å²) in [5, 5.41) is 10.6. The lowest BCUT2D eigenvalue weighted by molar-refractivity contribution is -0.117. The van der Waals surface area contributed by atoms with Gasteiger partial charge in [0.15, 0.2) is 11.6 Å². The third-order valence-electron chi connectivity index (χ3n) is 6.16. The van der Waals surface area contributed by atoms with Crippen LogP contribution in [0.4, 0.5) is 11.6 Å². The van der Waals surface area contributed by atoms with E-state index in [9.17, 15) is 4.79 Å². The Balaban J connectivity index is 1.24. The third kappa shape index (κ3) is 4.01. The number of anilines is 2. The third-order valence-corrected chi connectivity index (χ3v) is 6.16. The molecule has 0 unspecified atom stereocenters. The maximum atomic E-state index is 12.7. The molecule has 4 heterocycles. The van der Waals surface area contributed by atoms with Crippen molar-refractivity contribution in [2.45, 2.75) is 25.8 Å². The molecule has 6 rings (SSSR count). The highest BCUT2D eigenvalue weighted by atomic mass is 16.7. The van der Waals surface area contributed by atoms with Gasteiger partial charge in [-0.05, 0) is 37.5 Å². The molecule has 0 atom stereocenters. The Morgan fingerprint density at radius 1 is 1.24 bits per heavy atom. The maximum absolute atomic E-state index is 12.7. The van der Waals surface area contributed by atoms with Crippen LogP contribution in [0.2, 0.25) is 0 Å². The van der Waals surface area contributed by atoms with Crippen LogP contribution in [0.15, 0.2) is 49.1 Å². The van der Waals surface area contributed by atoms with Gasteiger partial charge in [-0.15, -0.1) is 0 Å². The van der Waals surface area contributed by atoms with Crippen molar-refractivity contribution in [3.05, 3.63) is 60.2 Å². The van der Waals surface area contributed by atoms with Gasteiger partial charge in [0, 0.05) is 71.9 Å². The molecule has 4 aromatic rings. The Morgan fingerprint density at radius 3 is 2.97 bits per heavy atom. The second kappa shape index (κ2) is 8.09. The molecule has 1 aromatic carbocycles. The SMILES string of the molecule is Cn1cc(C(=O)C2CC2)c2cc(Nc3nccc(-n4cc(CN5CCCO5)cn4)n3)ccc21. The van der Waals surface area contributed by atoms with Crippen LogP contribution in [-0.2, 0) is 18.4 Å². The summed E-state index contributed by atoms with van der Waals surface area (Å²) in [6.45, 7) is 2.42. The molecule has 0 spiro atoms. The second-order valence-corrected chi connectivity index (χ2v) is 8.73. The summed E-state index contributed by atoms with van der Waals surface area (Å²) in [6.07, 6.45) is 10.5. The van der Waals surface area contributed by atoms with Gasteiger partial charge in [0.2, 0.25) is 5.95 Å². The highest BCUT2D eigenvalue weighted by molar-refractivity contribution is 6.10. The van der Waals surface area contributed by atoms with Crippen LogP contribution >= 0.6 is 0 Å². The molecule has 0 bridgehead atoms. The zero-order valence-corrected chi connectivity index (χ0v) is 18.4. The van der Waals surface area contributed by atoms with Crippen molar-refractivity contribution in [2.24, 2.45) is 13.0 Å². The Bertz CT molecular complexity index is 1330. The zero-order chi connectivity index (χ0) is 22.4. The number of fused-ring (bicyclic) bond motifs is 1. The summed E-state index contributed by atoms with van der Waals surface area (Å²) in [5.41, 5.74) is 3.72. The molecule has 1 aliphatic heterocycles. The topological polar surface area (TPSA) is 90.1 Å². The van der Waals surface area contributed by atoms with E-state index in [-0.39, 0.29) is 11.7 Å². The van der Waals surface area contributed by atoms with Gasteiger partial charge < -0.3 is 9.88 Å². The number of hydroxylamine groups is 2. The van der Waals surface area contributed by atoms with Crippen molar-refractivity contribution in [3.8, 4) is 5.82 Å². The average Bonchev–Trinajstić information content (AvgIpc) is 3.20. The smallest absolute Gasteiger partial charge is 0.229 e. The number of carbonyl (C=O) groups excluding carboxylic acids is 1. The second-order valence-electron chi connectivity index (χ2n) is 8.73. The molecule has 9 heteroatoms. The van der Waals surface area contributed by atoms with Crippen molar-refractivity contribution in [1.29, 1.82) is 0 Å². The van der Waals surface area contributed by atoms with Crippen molar-refractivity contribution >= 4 is 28.3 Å². The van der Waals surface area contributed by atoms with Gasteiger partial charge in [0.05, 0.1) is 19.3 Å². The number of aryl methyl sites for hydroxylation is 1. The molecule has 0 amide bonds. The minimum Gasteiger partial charge on any atom is -0.350 e. The van der Waals surface area contributed by atoms with Crippen LogP contribution in [-0.4, -0.2) is 48.3 Å². The van der Waals surface area contributed by atoms with Crippen LogP contribution in [0.1, 0.15) is 35.2 Å². The number of aromatic nitrogens is 5. The molecule has 0 radical (unpaired) electrons. The van der Waals surface area contributed by atoms with E-state index >= 15 is 0 Å². The molecule has 1 saturated heterocycles. The fraction of sp³-hybridized carbons (Fsp3) is 0.333. The lowest BCUT2D eigenvalue weighted by Gasteiger charge is -2.11. The lowest BCUT2D eigenvalue weighted by Crippen LogP contribution is -2.16. The molecule has 1 saturated carbocycles. The number of hydrogen-bond acceptors (Lipinski definition) is 7. The highest BCUT2D eigenvalue weighted by Gasteiger charge is 2.32. The number of benzene rings is 1. The minimum atomic E-state index is 0.184. The van der Waals surface area contributed by atoms with E-state index in [1.54, 1.807) is 10.9 Å². The first-order valence-corrected chi connectivity index (χ1v) is 11.3. The van der Waals surface area contributed by atoms with Crippen LogP contribution in [0.25, 0.3) is 16.7 Å². The van der Waals surface area contributed by atoms with Gasteiger partial charge in [-0.2, -0.15) is 15.1 Å². The van der Waals surface area contributed by atoms with Crippen LogP contribution in [0, 0.1) is 5.92 Å². The molecule has 1 N–H and O–H groups in total. The summed E-state index contributed by atoms with van der Waals surface area (Å²) >= 11 is 0. The Hall–Kier alpha value is -3.56. The quantitative estimate of drug-likeness (QED) is 0.436. The van der Waals surface area contributed by atoms with Crippen molar-refractivity contribution in [1.82, 2.24) is 29.4 Å². The summed E-state index contributed by atoms with van der Waals surface area (Å²) in [5.74, 6) is 1.57. The zero-order valence-electron chi connectivity index (χ0n) is 18.4. The van der Waals surface area contributed by atoms with Gasteiger partial charge in [-0.3, -0.25) is 9.63 Å². The number of ketones is 1. The van der Waals surface area contributed by atoms with Crippen molar-refractivity contribution in [3.63, 3.8) is 0 Å². The summed E-state index contributed by atoms with van der Waals surface area (Å²) in [6, 6.07) is 7.82. The van der Waals surface area contributed by atoms with E-state index in [0.29, 0.717) is 18.3 Å². The van der Waals surface area contributed by atoms with E-state index < -0.39 is 0 Å². The molecule has 2 fully saturated rings. The number of hydrogen-bond donors (Lipinski definition) is 1. The Labute approximate surface area is 191 Å². The lowest BCUT2D eigenvalue weighted by atomic mass is 10.1. The highest BCUT2D eigenvalue weighted by Crippen LogP contribution is 2.36. The summed E-state index contributed by atoms with van der Waals surface area (Å²) < 4.78 is 3.75. The van der Waals surface area contributed by atoms with Crippen molar-refractivity contribution < 1.29 is 9.63 Å².